The Kier molecular flexibility index (Phi) is 5.92. The van der Waals surface area contributed by atoms with Crippen LogP contribution in [-0.2, 0) is 0 Å². The number of carbonyl (C=O) groups is 2. The molecule has 3 aromatic heterocycles. The molecule has 0 unspecified atom stereocenters. The standard InChI is InChI=1S/C21H20Cl2N8O2S/c1-10-15(22)16(23)17(26-10)20(33)27-12-5-7-30(9-14(12)31-8-6-25-29-31)21-28-13-4-2-3-11(19(24)32)18(13)34-21/h2-4,6,8,12,14,26H,5,7,9H2,1H3,(H2,24,32)(H,27,33)/t12-,14+/m1/s1. The van der Waals surface area contributed by atoms with E-state index in [0.29, 0.717) is 35.8 Å². The summed E-state index contributed by atoms with van der Waals surface area (Å²) in [4.78, 5) is 34.6. The summed E-state index contributed by atoms with van der Waals surface area (Å²) >= 11 is 13.8. The van der Waals surface area contributed by atoms with Gasteiger partial charge in [-0.2, -0.15) is 0 Å². The van der Waals surface area contributed by atoms with Crippen LogP contribution in [-0.4, -0.2) is 55.9 Å². The summed E-state index contributed by atoms with van der Waals surface area (Å²) in [5.41, 5.74) is 7.57. The molecule has 34 heavy (non-hydrogen) atoms. The van der Waals surface area contributed by atoms with E-state index in [1.165, 1.54) is 11.3 Å². The molecule has 2 atom stereocenters. The fraction of sp³-hybridized carbons (Fsp3) is 0.286. The minimum atomic E-state index is -0.485. The number of primary amides is 1. The molecule has 0 bridgehead atoms. The van der Waals surface area contributed by atoms with Gasteiger partial charge in [-0.25, -0.2) is 9.67 Å². The number of nitrogens with two attached hydrogens (primary N) is 1. The predicted octanol–water partition coefficient (Wildman–Crippen LogP) is 3.18. The molecular weight excluding hydrogens is 499 g/mol. The number of H-pyrrole nitrogens is 1. The third-order valence-electron chi connectivity index (χ3n) is 5.90. The van der Waals surface area contributed by atoms with Crippen molar-refractivity contribution in [3.05, 3.63) is 57.6 Å². The zero-order chi connectivity index (χ0) is 24.0. The van der Waals surface area contributed by atoms with Gasteiger partial charge in [-0.1, -0.05) is 45.8 Å². The maximum absolute atomic E-state index is 13.0. The number of aromatic nitrogens is 5. The largest absolute Gasteiger partial charge is 0.366 e. The fourth-order valence-electron chi connectivity index (χ4n) is 4.17. The second-order valence-electron chi connectivity index (χ2n) is 8.03. The van der Waals surface area contributed by atoms with E-state index in [2.05, 4.69) is 25.5 Å². The Hall–Kier alpha value is -3.15. The van der Waals surface area contributed by atoms with Crippen molar-refractivity contribution in [1.82, 2.24) is 30.3 Å². The number of aryl methyl sites for hydroxylation is 1. The van der Waals surface area contributed by atoms with Gasteiger partial charge in [0.15, 0.2) is 5.13 Å². The molecule has 0 aliphatic carbocycles. The lowest BCUT2D eigenvalue weighted by Crippen LogP contribution is -2.52. The molecule has 1 aliphatic rings. The van der Waals surface area contributed by atoms with E-state index in [9.17, 15) is 9.59 Å². The number of fused-ring (bicyclic) bond motifs is 1. The number of piperidine rings is 1. The zero-order valence-corrected chi connectivity index (χ0v) is 20.3. The minimum Gasteiger partial charge on any atom is -0.366 e. The first kappa shape index (κ1) is 22.6. The molecule has 4 N–H and O–H groups in total. The molecular formula is C21H20Cl2N8O2S. The van der Waals surface area contributed by atoms with Crippen LogP contribution in [0.3, 0.4) is 0 Å². The van der Waals surface area contributed by atoms with Crippen LogP contribution in [0, 0.1) is 6.92 Å². The Morgan fingerprint density at radius 1 is 1.29 bits per heavy atom. The number of anilines is 1. The lowest BCUT2D eigenvalue weighted by Gasteiger charge is -2.38. The van der Waals surface area contributed by atoms with Gasteiger partial charge in [0, 0.05) is 25.0 Å². The predicted molar refractivity (Wildman–Crippen MR) is 131 cm³/mol. The molecule has 10 nitrogen and oxygen atoms in total. The van der Waals surface area contributed by atoms with Crippen molar-refractivity contribution in [1.29, 1.82) is 0 Å². The van der Waals surface area contributed by atoms with Gasteiger partial charge in [-0.15, -0.1) is 5.10 Å². The molecule has 1 saturated heterocycles. The average molecular weight is 519 g/mol. The molecule has 4 heterocycles. The number of halogens is 2. The molecule has 0 spiro atoms. The van der Waals surface area contributed by atoms with Crippen LogP contribution in [0.25, 0.3) is 10.2 Å². The second-order valence-corrected chi connectivity index (χ2v) is 9.77. The number of amides is 2. The summed E-state index contributed by atoms with van der Waals surface area (Å²) in [6, 6.07) is 4.88. The van der Waals surface area contributed by atoms with Crippen molar-refractivity contribution in [2.24, 2.45) is 5.73 Å². The maximum Gasteiger partial charge on any atom is 0.269 e. The van der Waals surface area contributed by atoms with Crippen molar-refractivity contribution < 1.29 is 9.59 Å². The number of nitrogens with zero attached hydrogens (tertiary/aromatic N) is 5. The van der Waals surface area contributed by atoms with Crippen molar-refractivity contribution in [2.45, 2.75) is 25.4 Å². The molecule has 5 rings (SSSR count). The molecule has 1 aliphatic heterocycles. The average Bonchev–Trinajstić information content (AvgIpc) is 3.55. The number of hydrogen-bond acceptors (Lipinski definition) is 7. The van der Waals surface area contributed by atoms with Crippen molar-refractivity contribution in [2.75, 3.05) is 18.0 Å². The summed E-state index contributed by atoms with van der Waals surface area (Å²) in [7, 11) is 0. The number of rotatable bonds is 5. The van der Waals surface area contributed by atoms with Gasteiger partial charge < -0.3 is 20.9 Å². The van der Waals surface area contributed by atoms with Gasteiger partial charge in [0.05, 0.1) is 44.1 Å². The smallest absolute Gasteiger partial charge is 0.269 e. The SMILES string of the molecule is Cc1[nH]c(C(=O)N[C@@H]2CCN(c3nc4cccc(C(N)=O)c4s3)C[C@@H]2n2ccnn2)c(Cl)c1Cl. The molecule has 176 valence electrons. The van der Waals surface area contributed by atoms with Crippen LogP contribution in [0.5, 0.6) is 0 Å². The van der Waals surface area contributed by atoms with Crippen LogP contribution >= 0.6 is 34.5 Å². The normalized spacial score (nSPS) is 18.4. The van der Waals surface area contributed by atoms with Crippen molar-refractivity contribution in [3.8, 4) is 0 Å². The van der Waals surface area contributed by atoms with E-state index in [1.807, 2.05) is 6.07 Å². The van der Waals surface area contributed by atoms with Gasteiger partial charge >= 0.3 is 0 Å². The number of thiazole rings is 1. The third-order valence-corrected chi connectivity index (χ3v) is 8.01. The van der Waals surface area contributed by atoms with Gasteiger partial charge in [-0.05, 0) is 25.5 Å². The Bertz CT molecular complexity index is 1380. The van der Waals surface area contributed by atoms with Crippen molar-refractivity contribution in [3.63, 3.8) is 0 Å². The lowest BCUT2D eigenvalue weighted by molar-refractivity contribution is 0.0908. The van der Waals surface area contributed by atoms with Gasteiger partial charge in [-0.3, -0.25) is 9.59 Å². The maximum atomic E-state index is 13.0. The highest BCUT2D eigenvalue weighted by atomic mass is 35.5. The summed E-state index contributed by atoms with van der Waals surface area (Å²) < 4.78 is 2.49. The highest BCUT2D eigenvalue weighted by Crippen LogP contribution is 2.35. The first-order chi connectivity index (χ1) is 16.3. The quantitative estimate of drug-likeness (QED) is 0.371. The topological polar surface area (TPSA) is 135 Å². The molecule has 0 saturated carbocycles. The first-order valence-electron chi connectivity index (χ1n) is 10.5. The Morgan fingerprint density at radius 2 is 2.12 bits per heavy atom. The Balaban J connectivity index is 1.41. The molecule has 0 radical (unpaired) electrons. The zero-order valence-electron chi connectivity index (χ0n) is 18.0. The Labute approximate surface area is 208 Å². The summed E-state index contributed by atoms with van der Waals surface area (Å²) in [6.07, 6.45) is 3.99. The summed E-state index contributed by atoms with van der Waals surface area (Å²) in [5.74, 6) is -0.823. The van der Waals surface area contributed by atoms with Crippen LogP contribution in [0.2, 0.25) is 10.0 Å². The van der Waals surface area contributed by atoms with E-state index in [-0.39, 0.29) is 28.7 Å². The summed E-state index contributed by atoms with van der Waals surface area (Å²) in [6.45, 7) is 2.92. The van der Waals surface area contributed by atoms with E-state index >= 15 is 0 Å². The molecule has 1 fully saturated rings. The number of aromatic amines is 1. The van der Waals surface area contributed by atoms with Crippen LogP contribution in [0.15, 0.2) is 30.6 Å². The number of nitrogens with one attached hydrogen (secondary N) is 2. The Morgan fingerprint density at radius 3 is 2.79 bits per heavy atom. The van der Waals surface area contributed by atoms with Crippen molar-refractivity contribution >= 4 is 61.7 Å². The fourth-order valence-corrected chi connectivity index (χ4v) is 5.71. The van der Waals surface area contributed by atoms with Gasteiger partial charge in [0.2, 0.25) is 5.91 Å². The highest BCUT2D eigenvalue weighted by molar-refractivity contribution is 7.22. The van der Waals surface area contributed by atoms with E-state index < -0.39 is 5.91 Å². The lowest BCUT2D eigenvalue weighted by atomic mass is 9.99. The summed E-state index contributed by atoms with van der Waals surface area (Å²) in [5, 5.41) is 12.5. The second kappa shape index (κ2) is 8.90. The van der Waals surface area contributed by atoms with E-state index in [0.717, 1.165) is 15.3 Å². The van der Waals surface area contributed by atoms with Crippen LogP contribution in [0.1, 0.15) is 39.0 Å². The van der Waals surface area contributed by atoms with E-state index in [4.69, 9.17) is 33.9 Å². The highest BCUT2D eigenvalue weighted by Gasteiger charge is 2.34. The number of carbonyl (C=O) groups excluding carboxylic acids is 2. The number of benzene rings is 1. The molecule has 13 heteroatoms. The number of hydrogen-bond donors (Lipinski definition) is 3. The minimum absolute atomic E-state index is 0.200. The van der Waals surface area contributed by atoms with Crippen LogP contribution < -0.4 is 16.0 Å². The first-order valence-corrected chi connectivity index (χ1v) is 12.0. The van der Waals surface area contributed by atoms with Gasteiger partial charge in [0.25, 0.3) is 5.91 Å². The van der Waals surface area contributed by atoms with E-state index in [1.54, 1.807) is 36.1 Å². The molecule has 4 aromatic rings. The van der Waals surface area contributed by atoms with Crippen LogP contribution in [0.4, 0.5) is 5.13 Å². The monoisotopic (exact) mass is 518 g/mol. The van der Waals surface area contributed by atoms with Gasteiger partial charge in [0.1, 0.15) is 5.69 Å². The molecule has 2 amide bonds. The molecule has 1 aromatic carbocycles. The third kappa shape index (κ3) is 3.99.